The molecule has 0 bridgehead atoms. The molecule has 0 aromatic heterocycles. The summed E-state index contributed by atoms with van der Waals surface area (Å²) in [7, 11) is 0. The minimum Gasteiger partial charge on any atom is -0.330 e. The molecule has 0 unspecified atom stereocenters. The molecule has 1 aliphatic rings. The molecule has 94 valence electrons. The van der Waals surface area contributed by atoms with Crippen LogP contribution >= 0.6 is 11.6 Å². The van der Waals surface area contributed by atoms with Gasteiger partial charge in [0.2, 0.25) is 0 Å². The zero-order valence-electron chi connectivity index (χ0n) is 10.0. The van der Waals surface area contributed by atoms with Crippen LogP contribution in [0.2, 0.25) is 5.02 Å². The standard InChI is InChI=1S/C14H19ClFN/c15-13-5-4-12(16)8-11(13)9-14(10-17)6-2-1-3-7-14/h4-5,8H,1-3,6-7,9-10,17H2. The SMILES string of the molecule is NCC1(Cc2cc(F)ccc2Cl)CCCCC1. The maximum Gasteiger partial charge on any atom is 0.123 e. The van der Waals surface area contributed by atoms with Crippen LogP contribution in [0.1, 0.15) is 37.7 Å². The maximum absolute atomic E-state index is 13.2. The van der Waals surface area contributed by atoms with Crippen LogP contribution in [0.25, 0.3) is 0 Å². The Kier molecular flexibility index (Phi) is 4.05. The molecule has 1 fully saturated rings. The van der Waals surface area contributed by atoms with Crippen LogP contribution in [0.15, 0.2) is 18.2 Å². The first-order valence-corrected chi connectivity index (χ1v) is 6.67. The Labute approximate surface area is 107 Å². The quantitative estimate of drug-likeness (QED) is 0.870. The van der Waals surface area contributed by atoms with Crippen molar-refractivity contribution in [3.8, 4) is 0 Å². The number of benzene rings is 1. The van der Waals surface area contributed by atoms with E-state index >= 15 is 0 Å². The summed E-state index contributed by atoms with van der Waals surface area (Å²) in [5, 5.41) is 0.657. The van der Waals surface area contributed by atoms with Crippen LogP contribution in [0.4, 0.5) is 4.39 Å². The summed E-state index contributed by atoms with van der Waals surface area (Å²) >= 11 is 6.13. The number of hydrogen-bond donors (Lipinski definition) is 1. The second-order valence-corrected chi connectivity index (χ2v) is 5.58. The molecule has 0 amide bonds. The number of hydrogen-bond acceptors (Lipinski definition) is 1. The Morgan fingerprint density at radius 3 is 2.59 bits per heavy atom. The Morgan fingerprint density at radius 2 is 1.94 bits per heavy atom. The van der Waals surface area contributed by atoms with Crippen LogP contribution in [0.3, 0.4) is 0 Å². The van der Waals surface area contributed by atoms with Crippen molar-refractivity contribution in [2.75, 3.05) is 6.54 Å². The van der Waals surface area contributed by atoms with Crippen molar-refractivity contribution < 1.29 is 4.39 Å². The first-order valence-electron chi connectivity index (χ1n) is 6.29. The van der Waals surface area contributed by atoms with Gasteiger partial charge in [0.05, 0.1) is 0 Å². The van der Waals surface area contributed by atoms with E-state index in [-0.39, 0.29) is 11.2 Å². The van der Waals surface area contributed by atoms with E-state index < -0.39 is 0 Å². The van der Waals surface area contributed by atoms with E-state index in [0.29, 0.717) is 11.6 Å². The molecule has 3 heteroatoms. The molecule has 2 rings (SSSR count). The molecule has 17 heavy (non-hydrogen) atoms. The smallest absolute Gasteiger partial charge is 0.123 e. The van der Waals surface area contributed by atoms with Gasteiger partial charge in [0.1, 0.15) is 5.82 Å². The number of halogens is 2. The van der Waals surface area contributed by atoms with Gasteiger partial charge < -0.3 is 5.73 Å². The Morgan fingerprint density at radius 1 is 1.24 bits per heavy atom. The van der Waals surface area contributed by atoms with Gasteiger partial charge in [-0.15, -0.1) is 0 Å². The third kappa shape index (κ3) is 2.99. The molecule has 0 saturated heterocycles. The largest absolute Gasteiger partial charge is 0.330 e. The van der Waals surface area contributed by atoms with Gasteiger partial charge >= 0.3 is 0 Å². The van der Waals surface area contributed by atoms with Crippen LogP contribution in [-0.4, -0.2) is 6.54 Å². The molecule has 0 heterocycles. The van der Waals surface area contributed by atoms with E-state index in [0.717, 1.165) is 24.8 Å². The van der Waals surface area contributed by atoms with Gasteiger partial charge in [-0.3, -0.25) is 0 Å². The zero-order chi connectivity index (χ0) is 12.3. The van der Waals surface area contributed by atoms with E-state index in [1.54, 1.807) is 12.1 Å². The highest BCUT2D eigenvalue weighted by atomic mass is 35.5. The van der Waals surface area contributed by atoms with E-state index in [2.05, 4.69) is 0 Å². The predicted molar refractivity (Wildman–Crippen MR) is 69.7 cm³/mol. The Hall–Kier alpha value is -0.600. The van der Waals surface area contributed by atoms with E-state index in [1.807, 2.05) is 0 Å². The first kappa shape index (κ1) is 12.8. The topological polar surface area (TPSA) is 26.0 Å². The van der Waals surface area contributed by atoms with Gasteiger partial charge in [0.25, 0.3) is 0 Å². The number of nitrogens with two attached hydrogens (primary N) is 1. The summed E-state index contributed by atoms with van der Waals surface area (Å²) in [6.45, 7) is 0.667. The summed E-state index contributed by atoms with van der Waals surface area (Å²) in [6, 6.07) is 4.59. The van der Waals surface area contributed by atoms with Gasteiger partial charge in [-0.2, -0.15) is 0 Å². The fourth-order valence-electron chi connectivity index (χ4n) is 2.84. The van der Waals surface area contributed by atoms with E-state index in [4.69, 9.17) is 17.3 Å². The summed E-state index contributed by atoms with van der Waals surface area (Å²) < 4.78 is 13.2. The highest BCUT2D eigenvalue weighted by molar-refractivity contribution is 6.31. The van der Waals surface area contributed by atoms with Crippen molar-refractivity contribution in [3.05, 3.63) is 34.6 Å². The molecule has 0 radical (unpaired) electrons. The van der Waals surface area contributed by atoms with Gasteiger partial charge in [-0.25, -0.2) is 4.39 Å². The van der Waals surface area contributed by atoms with Crippen molar-refractivity contribution in [3.63, 3.8) is 0 Å². The Bertz CT molecular complexity index is 386. The lowest BCUT2D eigenvalue weighted by molar-refractivity contribution is 0.197. The lowest BCUT2D eigenvalue weighted by atomic mass is 9.70. The maximum atomic E-state index is 13.2. The van der Waals surface area contributed by atoms with Gasteiger partial charge in [-0.1, -0.05) is 30.9 Å². The average molecular weight is 256 g/mol. The first-order chi connectivity index (χ1) is 8.15. The molecule has 2 N–H and O–H groups in total. The molecular weight excluding hydrogens is 237 g/mol. The Balaban J connectivity index is 2.20. The normalized spacial score (nSPS) is 19.2. The van der Waals surface area contributed by atoms with Crippen molar-refractivity contribution in [1.82, 2.24) is 0 Å². The third-order valence-corrected chi connectivity index (χ3v) is 4.29. The van der Waals surface area contributed by atoms with Crippen molar-refractivity contribution in [2.24, 2.45) is 11.1 Å². The van der Waals surface area contributed by atoms with Crippen molar-refractivity contribution in [2.45, 2.75) is 38.5 Å². The van der Waals surface area contributed by atoms with Crippen molar-refractivity contribution >= 4 is 11.6 Å². The van der Waals surface area contributed by atoms with Gasteiger partial charge in [0, 0.05) is 5.02 Å². The second kappa shape index (κ2) is 5.36. The fourth-order valence-corrected chi connectivity index (χ4v) is 3.02. The van der Waals surface area contributed by atoms with Crippen LogP contribution < -0.4 is 5.73 Å². The lowest BCUT2D eigenvalue weighted by Crippen LogP contribution is -2.35. The van der Waals surface area contributed by atoms with Crippen LogP contribution in [0, 0.1) is 11.2 Å². The zero-order valence-corrected chi connectivity index (χ0v) is 10.8. The molecule has 0 aliphatic heterocycles. The summed E-state index contributed by atoms with van der Waals surface area (Å²) in [5.74, 6) is -0.215. The summed E-state index contributed by atoms with van der Waals surface area (Å²) in [5.41, 5.74) is 6.97. The molecule has 0 spiro atoms. The fraction of sp³-hybridized carbons (Fsp3) is 0.571. The molecule has 1 aromatic rings. The molecule has 1 saturated carbocycles. The summed E-state index contributed by atoms with van der Waals surface area (Å²) in [4.78, 5) is 0. The summed E-state index contributed by atoms with van der Waals surface area (Å²) in [6.07, 6.45) is 6.82. The van der Waals surface area contributed by atoms with E-state index in [1.165, 1.54) is 25.3 Å². The molecular formula is C14H19ClFN. The predicted octanol–water partition coefficient (Wildman–Crippen LogP) is 3.93. The highest BCUT2D eigenvalue weighted by Crippen LogP contribution is 2.39. The minimum atomic E-state index is -0.215. The molecule has 0 atom stereocenters. The third-order valence-electron chi connectivity index (χ3n) is 3.92. The second-order valence-electron chi connectivity index (χ2n) is 5.18. The molecule has 1 aliphatic carbocycles. The molecule has 1 aromatic carbocycles. The van der Waals surface area contributed by atoms with Crippen molar-refractivity contribution in [1.29, 1.82) is 0 Å². The van der Waals surface area contributed by atoms with Crippen LogP contribution in [-0.2, 0) is 6.42 Å². The van der Waals surface area contributed by atoms with E-state index in [9.17, 15) is 4.39 Å². The lowest BCUT2D eigenvalue weighted by Gasteiger charge is -2.36. The average Bonchev–Trinajstić information content (AvgIpc) is 2.35. The monoisotopic (exact) mass is 255 g/mol. The van der Waals surface area contributed by atoms with Gasteiger partial charge in [-0.05, 0) is 55.0 Å². The highest BCUT2D eigenvalue weighted by Gasteiger charge is 2.31. The number of rotatable bonds is 3. The molecule has 1 nitrogen and oxygen atoms in total. The van der Waals surface area contributed by atoms with Gasteiger partial charge in [0.15, 0.2) is 0 Å². The minimum absolute atomic E-state index is 0.135. The van der Waals surface area contributed by atoms with Crippen LogP contribution in [0.5, 0.6) is 0 Å².